The number of aromatic amines is 1. The lowest BCUT2D eigenvalue weighted by Crippen LogP contribution is -2.51. The number of aromatic nitrogens is 4. The van der Waals surface area contributed by atoms with E-state index in [1.807, 2.05) is 47.4 Å². The van der Waals surface area contributed by atoms with Crippen molar-refractivity contribution in [1.29, 1.82) is 0 Å². The van der Waals surface area contributed by atoms with Crippen LogP contribution in [-0.2, 0) is 9.59 Å². The predicted octanol–water partition coefficient (Wildman–Crippen LogP) is 5.74. The Hall–Kier alpha value is -5.23. The Labute approximate surface area is 283 Å². The zero-order chi connectivity index (χ0) is 34.0. The molecule has 5 aromatic rings. The van der Waals surface area contributed by atoms with Gasteiger partial charge >= 0.3 is 0 Å². The molecule has 0 radical (unpaired) electrons. The van der Waals surface area contributed by atoms with Crippen molar-refractivity contribution in [3.05, 3.63) is 90.8 Å². The van der Waals surface area contributed by atoms with E-state index in [-0.39, 0.29) is 24.2 Å². The standard InChI is InChI=1S/C37H38F2N8O2/c1-2-13-37(36(49)42-29-9-12-32-31(20-29)34(44-43-32)25-3-7-27(38)8-4-25)14-15-45(24-37)23-33(48)47-18-16-46(17-19-47)30-10-5-26(6-11-30)35-40-21-28(39)22-41-35/h3-12,20-22H,2,13-19,23-24H2,1H3,(H,42,49)(H,43,44). The molecule has 7 rings (SSSR count). The molecular weight excluding hydrogens is 626 g/mol. The molecule has 2 aliphatic heterocycles. The number of nitrogens with zero attached hydrogens (tertiary/aromatic N) is 6. The average molecular weight is 665 g/mol. The van der Waals surface area contributed by atoms with Gasteiger partial charge in [0.2, 0.25) is 11.8 Å². The van der Waals surface area contributed by atoms with Gasteiger partial charge in [-0.15, -0.1) is 0 Å². The maximum atomic E-state index is 13.9. The molecule has 1 unspecified atom stereocenters. The summed E-state index contributed by atoms with van der Waals surface area (Å²) in [6.07, 6.45) is 4.57. The molecule has 2 saturated heterocycles. The van der Waals surface area contributed by atoms with Gasteiger partial charge in [0.15, 0.2) is 11.6 Å². The van der Waals surface area contributed by atoms with Gasteiger partial charge in [-0.05, 0) is 86.1 Å². The zero-order valence-corrected chi connectivity index (χ0v) is 27.3. The van der Waals surface area contributed by atoms with Crippen LogP contribution in [0, 0.1) is 17.0 Å². The number of hydrogen-bond acceptors (Lipinski definition) is 7. The third kappa shape index (κ3) is 6.86. The van der Waals surface area contributed by atoms with E-state index in [4.69, 9.17) is 0 Å². The maximum absolute atomic E-state index is 13.9. The van der Waals surface area contributed by atoms with Crippen molar-refractivity contribution in [2.45, 2.75) is 26.2 Å². The van der Waals surface area contributed by atoms with Crippen LogP contribution in [0.4, 0.5) is 20.2 Å². The summed E-state index contributed by atoms with van der Waals surface area (Å²) < 4.78 is 26.7. The van der Waals surface area contributed by atoms with Crippen molar-refractivity contribution in [2.75, 3.05) is 56.0 Å². The van der Waals surface area contributed by atoms with Crippen LogP contribution in [0.1, 0.15) is 26.2 Å². The molecule has 252 valence electrons. The summed E-state index contributed by atoms with van der Waals surface area (Å²) in [5.74, 6) is -0.274. The highest BCUT2D eigenvalue weighted by molar-refractivity contribution is 6.00. The number of halogens is 2. The molecule has 2 aliphatic rings. The Bertz CT molecular complexity index is 1940. The number of benzene rings is 3. The van der Waals surface area contributed by atoms with E-state index in [1.165, 1.54) is 12.1 Å². The molecule has 2 aromatic heterocycles. The van der Waals surface area contributed by atoms with E-state index in [9.17, 15) is 18.4 Å². The number of rotatable bonds is 9. The van der Waals surface area contributed by atoms with Crippen LogP contribution in [-0.4, -0.2) is 87.6 Å². The molecule has 0 spiro atoms. The molecule has 10 nitrogen and oxygen atoms in total. The minimum absolute atomic E-state index is 0.0406. The Morgan fingerprint density at radius 2 is 1.59 bits per heavy atom. The van der Waals surface area contributed by atoms with E-state index < -0.39 is 11.2 Å². The molecule has 49 heavy (non-hydrogen) atoms. The van der Waals surface area contributed by atoms with Crippen molar-refractivity contribution in [2.24, 2.45) is 5.41 Å². The highest BCUT2D eigenvalue weighted by Crippen LogP contribution is 2.37. The second-order valence-electron chi connectivity index (χ2n) is 12.9. The molecule has 0 aliphatic carbocycles. The summed E-state index contributed by atoms with van der Waals surface area (Å²) in [5, 5.41) is 11.4. The number of H-pyrrole nitrogens is 1. The maximum Gasteiger partial charge on any atom is 0.236 e. The first kappa shape index (κ1) is 32.3. The average Bonchev–Trinajstić information content (AvgIpc) is 3.74. The molecular formula is C37H38F2N8O2. The van der Waals surface area contributed by atoms with Crippen molar-refractivity contribution in [1.82, 2.24) is 30.0 Å². The highest BCUT2D eigenvalue weighted by Gasteiger charge is 2.44. The number of likely N-dealkylation sites (tertiary alicyclic amines) is 1. The van der Waals surface area contributed by atoms with Crippen LogP contribution in [0.25, 0.3) is 33.5 Å². The predicted molar refractivity (Wildman–Crippen MR) is 185 cm³/mol. The van der Waals surface area contributed by atoms with Gasteiger partial charge in [-0.1, -0.05) is 13.3 Å². The number of anilines is 2. The summed E-state index contributed by atoms with van der Waals surface area (Å²) in [7, 11) is 0. The lowest BCUT2D eigenvalue weighted by atomic mass is 9.81. The van der Waals surface area contributed by atoms with Crippen molar-refractivity contribution >= 4 is 34.1 Å². The normalized spacial score (nSPS) is 18.3. The first-order valence-corrected chi connectivity index (χ1v) is 16.7. The lowest BCUT2D eigenvalue weighted by molar-refractivity contribution is -0.133. The molecule has 2 amide bonds. The topological polar surface area (TPSA) is 110 Å². The first-order chi connectivity index (χ1) is 23.8. The number of piperazine rings is 1. The van der Waals surface area contributed by atoms with Crippen LogP contribution in [0.3, 0.4) is 0 Å². The molecule has 12 heteroatoms. The number of carbonyl (C=O) groups is 2. The van der Waals surface area contributed by atoms with E-state index in [0.717, 1.165) is 53.0 Å². The Kier molecular flexibility index (Phi) is 9.05. The molecule has 4 heterocycles. The van der Waals surface area contributed by atoms with Crippen LogP contribution in [0.2, 0.25) is 0 Å². The second kappa shape index (κ2) is 13.7. The molecule has 1 atom stereocenters. The molecule has 2 N–H and O–H groups in total. The largest absolute Gasteiger partial charge is 0.368 e. The minimum Gasteiger partial charge on any atom is -0.368 e. The van der Waals surface area contributed by atoms with E-state index >= 15 is 0 Å². The van der Waals surface area contributed by atoms with Crippen LogP contribution >= 0.6 is 0 Å². The molecule has 3 aromatic carbocycles. The SMILES string of the molecule is CCCC1(C(=O)Nc2ccc3[nH]nc(-c4ccc(F)cc4)c3c2)CCN(CC(=O)N2CCN(c3ccc(-c4ncc(F)cn4)cc3)CC2)C1. The first-order valence-electron chi connectivity index (χ1n) is 16.7. The summed E-state index contributed by atoms with van der Waals surface area (Å²) in [6, 6.07) is 19.7. The van der Waals surface area contributed by atoms with Crippen LogP contribution < -0.4 is 10.2 Å². The fourth-order valence-electron chi connectivity index (χ4n) is 7.05. The number of fused-ring (bicyclic) bond motifs is 1. The quantitative estimate of drug-likeness (QED) is 0.207. The van der Waals surface area contributed by atoms with Gasteiger partial charge in [0, 0.05) is 60.6 Å². The minimum atomic E-state index is -0.593. The van der Waals surface area contributed by atoms with Crippen molar-refractivity contribution in [3.63, 3.8) is 0 Å². The van der Waals surface area contributed by atoms with Gasteiger partial charge < -0.3 is 15.1 Å². The van der Waals surface area contributed by atoms with Gasteiger partial charge in [0.05, 0.1) is 35.6 Å². The highest BCUT2D eigenvalue weighted by atomic mass is 19.1. The monoisotopic (exact) mass is 664 g/mol. The van der Waals surface area contributed by atoms with Crippen LogP contribution in [0.5, 0.6) is 0 Å². The third-order valence-corrected chi connectivity index (χ3v) is 9.68. The van der Waals surface area contributed by atoms with Gasteiger partial charge in [0.25, 0.3) is 0 Å². The fraction of sp³-hybridized carbons (Fsp3) is 0.324. The van der Waals surface area contributed by atoms with Crippen molar-refractivity contribution in [3.8, 4) is 22.6 Å². The zero-order valence-electron chi connectivity index (χ0n) is 27.3. The molecule has 0 saturated carbocycles. The molecule has 2 fully saturated rings. The number of carbonyl (C=O) groups excluding carboxylic acids is 2. The van der Waals surface area contributed by atoms with E-state index in [1.54, 1.807) is 12.1 Å². The third-order valence-electron chi connectivity index (χ3n) is 9.68. The van der Waals surface area contributed by atoms with Gasteiger partial charge in [-0.25, -0.2) is 18.7 Å². The number of nitrogens with one attached hydrogen (secondary N) is 2. The van der Waals surface area contributed by atoms with Crippen molar-refractivity contribution < 1.29 is 18.4 Å². The molecule has 0 bridgehead atoms. The number of amides is 2. The van der Waals surface area contributed by atoms with Crippen LogP contribution in [0.15, 0.2) is 79.1 Å². The Balaban J connectivity index is 0.948. The lowest BCUT2D eigenvalue weighted by Gasteiger charge is -2.37. The fourth-order valence-corrected chi connectivity index (χ4v) is 7.05. The number of hydrogen-bond donors (Lipinski definition) is 2. The summed E-state index contributed by atoms with van der Waals surface area (Å²) >= 11 is 0. The van der Waals surface area contributed by atoms with Gasteiger partial charge in [0.1, 0.15) is 5.82 Å². The van der Waals surface area contributed by atoms with E-state index in [0.29, 0.717) is 62.9 Å². The smallest absolute Gasteiger partial charge is 0.236 e. The summed E-state index contributed by atoms with van der Waals surface area (Å²) in [5.41, 5.74) is 4.23. The Morgan fingerprint density at radius 1 is 0.878 bits per heavy atom. The summed E-state index contributed by atoms with van der Waals surface area (Å²) in [4.78, 5) is 41.7. The van der Waals surface area contributed by atoms with Gasteiger partial charge in [-0.3, -0.25) is 19.6 Å². The van der Waals surface area contributed by atoms with Gasteiger partial charge in [-0.2, -0.15) is 5.10 Å². The van der Waals surface area contributed by atoms with E-state index in [2.05, 4.69) is 42.2 Å². The Morgan fingerprint density at radius 3 is 2.31 bits per heavy atom. The second-order valence-corrected chi connectivity index (χ2v) is 12.9. The summed E-state index contributed by atoms with van der Waals surface area (Å²) in [6.45, 7) is 6.23.